The first-order valence-electron chi connectivity index (χ1n) is 18.4. The Labute approximate surface area is 302 Å². The first-order valence-corrected chi connectivity index (χ1v) is 18.4. The number of ether oxygens (including phenoxy) is 7. The van der Waals surface area contributed by atoms with Crippen molar-refractivity contribution in [3.05, 3.63) is 36.5 Å². The van der Waals surface area contributed by atoms with E-state index in [0.717, 1.165) is 25.7 Å². The van der Waals surface area contributed by atoms with Crippen molar-refractivity contribution in [2.24, 2.45) is 5.41 Å². The number of unbranched alkanes of at least 4 members (excludes halogenated alkanes) is 4. The number of carbonyl (C=O) groups excluding carboxylic acids is 3. The van der Waals surface area contributed by atoms with Crippen molar-refractivity contribution in [1.82, 2.24) is 0 Å². The molecule has 0 aliphatic carbocycles. The predicted molar refractivity (Wildman–Crippen MR) is 186 cm³/mol. The molecule has 13 heteroatoms. The van der Waals surface area contributed by atoms with Crippen LogP contribution in [-0.2, 0) is 47.5 Å². The summed E-state index contributed by atoms with van der Waals surface area (Å²) in [6.45, 7) is 9.35. The number of cyclic esters (lactones) is 1. The van der Waals surface area contributed by atoms with Crippen LogP contribution in [0.5, 0.6) is 0 Å². The van der Waals surface area contributed by atoms with Crippen LogP contribution in [0, 0.1) is 5.41 Å². The molecule has 3 N–H and O–H groups in total. The van der Waals surface area contributed by atoms with Gasteiger partial charge >= 0.3 is 17.9 Å². The first-order chi connectivity index (χ1) is 24.3. The molecule has 0 aromatic rings. The second-order valence-corrected chi connectivity index (χ2v) is 14.2. The highest BCUT2D eigenvalue weighted by Crippen LogP contribution is 2.47. The fourth-order valence-electron chi connectivity index (χ4n) is 6.55. The number of fused-ring (bicyclic) bond motifs is 4. The molecule has 4 bridgehead atoms. The number of aliphatic hydroxyl groups excluding tert-OH is 2. The van der Waals surface area contributed by atoms with E-state index in [1.807, 2.05) is 0 Å². The molecule has 2 saturated heterocycles. The molecular formula is C38H60O13. The zero-order valence-electron chi connectivity index (χ0n) is 30.8. The van der Waals surface area contributed by atoms with Gasteiger partial charge in [0.05, 0.1) is 44.6 Å². The van der Waals surface area contributed by atoms with Gasteiger partial charge in [0.1, 0.15) is 6.10 Å². The Balaban J connectivity index is 2.04. The molecule has 0 aromatic carbocycles. The minimum atomic E-state index is -2.27. The first kappa shape index (κ1) is 42.8. The van der Waals surface area contributed by atoms with Crippen molar-refractivity contribution in [3.8, 4) is 0 Å². The Morgan fingerprint density at radius 1 is 1.04 bits per heavy atom. The van der Waals surface area contributed by atoms with Crippen LogP contribution in [0.1, 0.15) is 104 Å². The monoisotopic (exact) mass is 724 g/mol. The largest absolute Gasteiger partial charge is 0.466 e. The number of esters is 3. The van der Waals surface area contributed by atoms with E-state index in [4.69, 9.17) is 33.2 Å². The number of rotatable bonds is 11. The molecule has 3 heterocycles. The smallest absolute Gasteiger partial charge is 0.330 e. The lowest BCUT2D eigenvalue weighted by Crippen LogP contribution is -2.62. The summed E-state index contributed by atoms with van der Waals surface area (Å²) in [4.78, 5) is 38.7. The van der Waals surface area contributed by atoms with Crippen LogP contribution in [0.15, 0.2) is 36.5 Å². The summed E-state index contributed by atoms with van der Waals surface area (Å²) < 4.78 is 41.0. The van der Waals surface area contributed by atoms with Crippen molar-refractivity contribution < 1.29 is 62.9 Å². The zero-order valence-corrected chi connectivity index (χ0v) is 30.8. The lowest BCUT2D eigenvalue weighted by atomic mass is 9.74. The number of aliphatic hydroxyl groups is 3. The minimum absolute atomic E-state index is 0.0145. The molecule has 0 amide bonds. The molecular weight excluding hydrogens is 664 g/mol. The molecule has 2 fully saturated rings. The number of methoxy groups -OCH3 is 1. The number of carbonyl (C=O) groups is 3. The maximum atomic E-state index is 13.3. The lowest BCUT2D eigenvalue weighted by molar-refractivity contribution is -0.327. The summed E-state index contributed by atoms with van der Waals surface area (Å²) in [6.07, 6.45) is 6.85. The average molecular weight is 725 g/mol. The molecule has 8 atom stereocenters. The normalized spacial score (nSPS) is 33.7. The van der Waals surface area contributed by atoms with Crippen molar-refractivity contribution in [2.75, 3.05) is 26.9 Å². The summed E-state index contributed by atoms with van der Waals surface area (Å²) in [5.41, 5.74) is -1.08. The van der Waals surface area contributed by atoms with Gasteiger partial charge in [-0.3, -0.25) is 9.59 Å². The summed E-state index contributed by atoms with van der Waals surface area (Å²) in [5.74, 6) is -4.29. The van der Waals surface area contributed by atoms with Crippen LogP contribution in [0.25, 0.3) is 0 Å². The fraction of sp³-hybridized carbons (Fsp3) is 0.763. The van der Waals surface area contributed by atoms with Crippen molar-refractivity contribution in [2.45, 2.75) is 153 Å². The van der Waals surface area contributed by atoms with E-state index in [0.29, 0.717) is 32.3 Å². The SMILES string of the molecule is C=CC[C@H]1CC2CCOCC[C@@H](O)CC(=O)OC(CO)CC3C/C(=C\C(=O)OC)[C@H](OC(=O)CCCCCCC)[C@@](O)(O3)C(C)(C)/C=C/[C@H](O2)O1. The second kappa shape index (κ2) is 21.2. The van der Waals surface area contributed by atoms with Crippen LogP contribution >= 0.6 is 0 Å². The van der Waals surface area contributed by atoms with Gasteiger partial charge in [-0.2, -0.15) is 0 Å². The van der Waals surface area contributed by atoms with Gasteiger partial charge in [0, 0.05) is 44.0 Å². The van der Waals surface area contributed by atoms with Crippen LogP contribution < -0.4 is 0 Å². The standard InChI is InChI=1S/C38H60O13/c1-6-8-9-10-11-13-32(41)50-36-26(21-33(42)45-5)20-30-24-31(25-39)47-34(43)22-27(40)15-18-46-19-16-29-23-28(12-7-2)48-35(49-29)14-17-37(3,4)38(36,44)51-30/h7,14,17,21,27-31,35-36,39-40,44H,2,6,8-13,15-16,18-20,22-25H2,1,3-5H3/b17-14+,26-21+/t27-,28+,29?,30?,31?,35+,36+,38-/m1/s1. The van der Waals surface area contributed by atoms with Gasteiger partial charge in [0.2, 0.25) is 5.79 Å². The molecule has 3 aliphatic heterocycles. The third-order valence-electron chi connectivity index (χ3n) is 9.55. The van der Waals surface area contributed by atoms with E-state index < -0.39 is 66.4 Å². The summed E-state index contributed by atoms with van der Waals surface area (Å²) in [6, 6.07) is 0. The van der Waals surface area contributed by atoms with Crippen LogP contribution in [0.2, 0.25) is 0 Å². The van der Waals surface area contributed by atoms with Crippen molar-refractivity contribution in [1.29, 1.82) is 0 Å². The van der Waals surface area contributed by atoms with Crippen LogP contribution in [0.4, 0.5) is 0 Å². The lowest BCUT2D eigenvalue weighted by Gasteiger charge is -2.51. The molecule has 51 heavy (non-hydrogen) atoms. The summed E-state index contributed by atoms with van der Waals surface area (Å²) in [7, 11) is 1.21. The molecule has 0 spiro atoms. The van der Waals surface area contributed by atoms with E-state index in [2.05, 4.69) is 13.5 Å². The van der Waals surface area contributed by atoms with Gasteiger partial charge in [0.25, 0.3) is 0 Å². The minimum Gasteiger partial charge on any atom is -0.466 e. The molecule has 3 rings (SSSR count). The van der Waals surface area contributed by atoms with E-state index >= 15 is 0 Å². The molecule has 0 saturated carbocycles. The highest BCUT2D eigenvalue weighted by molar-refractivity contribution is 5.83. The summed E-state index contributed by atoms with van der Waals surface area (Å²) >= 11 is 0. The Morgan fingerprint density at radius 3 is 2.47 bits per heavy atom. The van der Waals surface area contributed by atoms with Crippen LogP contribution in [-0.4, -0.2) is 109 Å². The third-order valence-corrected chi connectivity index (χ3v) is 9.55. The zero-order chi connectivity index (χ0) is 37.4. The Bertz CT molecular complexity index is 1180. The highest BCUT2D eigenvalue weighted by Gasteiger charge is 2.57. The van der Waals surface area contributed by atoms with Gasteiger partial charge < -0.3 is 48.5 Å². The molecule has 290 valence electrons. The maximum Gasteiger partial charge on any atom is 0.330 e. The Kier molecular flexibility index (Phi) is 17.7. The topological polar surface area (TPSA) is 177 Å². The van der Waals surface area contributed by atoms with Gasteiger partial charge in [-0.1, -0.05) is 58.6 Å². The molecule has 3 aliphatic rings. The Hall–Kier alpha value is -2.65. The molecule has 13 nitrogen and oxygen atoms in total. The highest BCUT2D eigenvalue weighted by atomic mass is 16.7. The fourth-order valence-corrected chi connectivity index (χ4v) is 6.55. The number of hydrogen-bond donors (Lipinski definition) is 3. The van der Waals surface area contributed by atoms with Gasteiger partial charge in [-0.05, 0) is 43.8 Å². The van der Waals surface area contributed by atoms with Gasteiger partial charge in [-0.15, -0.1) is 6.58 Å². The predicted octanol–water partition coefficient (Wildman–Crippen LogP) is 4.35. The number of hydrogen-bond acceptors (Lipinski definition) is 13. The van der Waals surface area contributed by atoms with E-state index in [1.54, 1.807) is 32.1 Å². The average Bonchev–Trinajstić information content (AvgIpc) is 3.08. The third kappa shape index (κ3) is 13.4. The van der Waals surface area contributed by atoms with Crippen molar-refractivity contribution >= 4 is 17.9 Å². The Morgan fingerprint density at radius 2 is 1.76 bits per heavy atom. The van der Waals surface area contributed by atoms with E-state index in [-0.39, 0.29) is 56.5 Å². The van der Waals surface area contributed by atoms with Crippen LogP contribution in [0.3, 0.4) is 0 Å². The molecule has 0 aromatic heterocycles. The van der Waals surface area contributed by atoms with E-state index in [9.17, 15) is 29.7 Å². The summed E-state index contributed by atoms with van der Waals surface area (Å²) in [5, 5.41) is 33.3. The second-order valence-electron chi connectivity index (χ2n) is 14.2. The quantitative estimate of drug-likeness (QED) is 0.0902. The maximum absolute atomic E-state index is 13.3. The van der Waals surface area contributed by atoms with Crippen molar-refractivity contribution in [3.63, 3.8) is 0 Å². The van der Waals surface area contributed by atoms with E-state index in [1.165, 1.54) is 13.2 Å². The molecule has 3 unspecified atom stereocenters. The van der Waals surface area contributed by atoms with Gasteiger partial charge in [0.15, 0.2) is 12.4 Å². The van der Waals surface area contributed by atoms with Gasteiger partial charge in [-0.25, -0.2) is 4.79 Å². The molecule has 0 radical (unpaired) electrons.